The van der Waals surface area contributed by atoms with Gasteiger partial charge in [-0.05, 0) is 37.7 Å². The fourth-order valence-electron chi connectivity index (χ4n) is 2.73. The van der Waals surface area contributed by atoms with Crippen molar-refractivity contribution in [1.29, 1.82) is 0 Å². The van der Waals surface area contributed by atoms with Gasteiger partial charge in [-0.15, -0.1) is 0 Å². The standard InChI is InChI=1S/C20H36N4O8S/c1-5-10(2)15(21)18(29)22-12(6-7-14(26)27)17(28)24-16(11(3)25)19(30)23-13(20(31)32)8-9-33-4/h10-13,15-16,25H,5-9,21H2,1-4H3,(H,22,29)(H,23,30)(H,24,28)(H,26,27)(H,31,32). The van der Waals surface area contributed by atoms with E-state index in [9.17, 15) is 34.2 Å². The molecule has 0 radical (unpaired) electrons. The van der Waals surface area contributed by atoms with Crippen molar-refractivity contribution in [2.75, 3.05) is 12.0 Å². The van der Waals surface area contributed by atoms with Crippen LogP contribution in [0.4, 0.5) is 0 Å². The lowest BCUT2D eigenvalue weighted by Gasteiger charge is -2.27. The third kappa shape index (κ3) is 11.3. The van der Waals surface area contributed by atoms with Crippen LogP contribution in [0, 0.1) is 5.92 Å². The summed E-state index contributed by atoms with van der Waals surface area (Å²) in [6.07, 6.45) is 0.387. The van der Waals surface area contributed by atoms with E-state index in [-0.39, 0.29) is 18.8 Å². The van der Waals surface area contributed by atoms with Crippen molar-refractivity contribution in [2.45, 2.75) is 76.7 Å². The maximum atomic E-state index is 12.8. The lowest BCUT2D eigenvalue weighted by atomic mass is 9.98. The fourth-order valence-corrected chi connectivity index (χ4v) is 3.20. The lowest BCUT2D eigenvalue weighted by Crippen LogP contribution is -2.60. The maximum absolute atomic E-state index is 12.8. The second-order valence-corrected chi connectivity index (χ2v) is 8.80. The van der Waals surface area contributed by atoms with Crippen LogP contribution in [0.2, 0.25) is 0 Å². The van der Waals surface area contributed by atoms with Crippen LogP contribution in [0.5, 0.6) is 0 Å². The Kier molecular flexibility index (Phi) is 14.3. The van der Waals surface area contributed by atoms with Gasteiger partial charge < -0.3 is 37.0 Å². The van der Waals surface area contributed by atoms with Crippen molar-refractivity contribution < 1.29 is 39.3 Å². The van der Waals surface area contributed by atoms with Gasteiger partial charge in [0.25, 0.3) is 0 Å². The minimum absolute atomic E-state index is 0.132. The number of carboxylic acid groups (broad SMARTS) is 2. The van der Waals surface area contributed by atoms with E-state index in [4.69, 9.17) is 10.8 Å². The molecule has 6 unspecified atom stereocenters. The molecule has 3 amide bonds. The lowest BCUT2D eigenvalue weighted by molar-refractivity contribution is -0.143. The minimum atomic E-state index is -1.53. The summed E-state index contributed by atoms with van der Waals surface area (Å²) in [5, 5.41) is 35.2. The Morgan fingerprint density at radius 2 is 1.48 bits per heavy atom. The van der Waals surface area contributed by atoms with E-state index in [1.54, 1.807) is 13.2 Å². The summed E-state index contributed by atoms with van der Waals surface area (Å²) in [6, 6.07) is -5.01. The van der Waals surface area contributed by atoms with Gasteiger partial charge in [-0.3, -0.25) is 19.2 Å². The smallest absolute Gasteiger partial charge is 0.326 e. The summed E-state index contributed by atoms with van der Waals surface area (Å²) in [6.45, 7) is 4.81. The number of amides is 3. The van der Waals surface area contributed by atoms with Gasteiger partial charge in [0.2, 0.25) is 17.7 Å². The highest BCUT2D eigenvalue weighted by Gasteiger charge is 2.33. The second-order valence-electron chi connectivity index (χ2n) is 7.81. The minimum Gasteiger partial charge on any atom is -0.481 e. The Bertz CT molecular complexity index is 691. The van der Waals surface area contributed by atoms with Crippen molar-refractivity contribution in [3.63, 3.8) is 0 Å². The molecule has 0 rings (SSSR count). The molecule has 0 aliphatic rings. The summed E-state index contributed by atoms with van der Waals surface area (Å²) >= 11 is 1.39. The molecule has 0 aromatic carbocycles. The van der Waals surface area contributed by atoms with E-state index < -0.39 is 66.4 Å². The van der Waals surface area contributed by atoms with Crippen LogP contribution in [0.15, 0.2) is 0 Å². The topological polar surface area (TPSA) is 208 Å². The van der Waals surface area contributed by atoms with Crippen molar-refractivity contribution in [2.24, 2.45) is 11.7 Å². The Balaban J connectivity index is 5.48. The predicted octanol–water partition coefficient (Wildman–Crippen LogP) is -1.10. The molecule has 0 fully saturated rings. The molecule has 12 nitrogen and oxygen atoms in total. The van der Waals surface area contributed by atoms with Crippen LogP contribution >= 0.6 is 11.8 Å². The van der Waals surface area contributed by atoms with Gasteiger partial charge in [0, 0.05) is 6.42 Å². The van der Waals surface area contributed by atoms with Crippen LogP contribution in [0.3, 0.4) is 0 Å². The van der Waals surface area contributed by atoms with Gasteiger partial charge in [0.15, 0.2) is 0 Å². The van der Waals surface area contributed by atoms with E-state index in [0.717, 1.165) is 0 Å². The van der Waals surface area contributed by atoms with Crippen LogP contribution in [0.25, 0.3) is 0 Å². The predicted molar refractivity (Wildman–Crippen MR) is 122 cm³/mol. The molecule has 190 valence electrons. The Hall–Kier alpha value is -2.38. The summed E-state index contributed by atoms with van der Waals surface area (Å²) in [4.78, 5) is 60.2. The third-order valence-electron chi connectivity index (χ3n) is 5.13. The van der Waals surface area contributed by atoms with E-state index in [1.165, 1.54) is 18.7 Å². The van der Waals surface area contributed by atoms with Crippen LogP contribution < -0.4 is 21.7 Å². The summed E-state index contributed by atoms with van der Waals surface area (Å²) in [7, 11) is 0. The molecule has 0 aromatic heterocycles. The quantitative estimate of drug-likeness (QED) is 0.138. The van der Waals surface area contributed by atoms with E-state index >= 15 is 0 Å². The number of carbonyl (C=O) groups excluding carboxylic acids is 3. The highest BCUT2D eigenvalue weighted by Crippen LogP contribution is 2.08. The summed E-state index contributed by atoms with van der Waals surface area (Å²) < 4.78 is 0. The Morgan fingerprint density at radius 3 is 1.94 bits per heavy atom. The first-order valence-electron chi connectivity index (χ1n) is 10.6. The molecule has 6 atom stereocenters. The molecule has 0 aromatic rings. The summed E-state index contributed by atoms with van der Waals surface area (Å²) in [5.74, 6) is -4.68. The molecule has 33 heavy (non-hydrogen) atoms. The number of carbonyl (C=O) groups is 5. The first kappa shape index (κ1) is 30.6. The molecular formula is C20H36N4O8S. The molecule has 0 aliphatic heterocycles. The Morgan fingerprint density at radius 1 is 0.909 bits per heavy atom. The molecule has 0 spiro atoms. The number of aliphatic carboxylic acids is 2. The van der Waals surface area contributed by atoms with Crippen LogP contribution in [0.1, 0.15) is 46.5 Å². The maximum Gasteiger partial charge on any atom is 0.326 e. The van der Waals surface area contributed by atoms with Crippen molar-refractivity contribution >= 4 is 41.4 Å². The van der Waals surface area contributed by atoms with E-state index in [2.05, 4.69) is 16.0 Å². The zero-order valence-electron chi connectivity index (χ0n) is 19.4. The van der Waals surface area contributed by atoms with Gasteiger partial charge in [-0.25, -0.2) is 4.79 Å². The third-order valence-corrected chi connectivity index (χ3v) is 5.77. The number of hydrogen-bond donors (Lipinski definition) is 7. The first-order valence-corrected chi connectivity index (χ1v) is 12.0. The van der Waals surface area contributed by atoms with Gasteiger partial charge in [-0.2, -0.15) is 11.8 Å². The number of nitrogens with one attached hydrogen (secondary N) is 3. The molecule has 0 saturated heterocycles. The largest absolute Gasteiger partial charge is 0.481 e. The number of hydrogen-bond acceptors (Lipinski definition) is 8. The molecule has 8 N–H and O–H groups in total. The van der Waals surface area contributed by atoms with Crippen LogP contribution in [-0.4, -0.2) is 87.3 Å². The van der Waals surface area contributed by atoms with Crippen LogP contribution in [-0.2, 0) is 24.0 Å². The number of aliphatic hydroxyl groups is 1. The highest BCUT2D eigenvalue weighted by atomic mass is 32.2. The zero-order valence-corrected chi connectivity index (χ0v) is 20.2. The normalized spacial score (nSPS) is 16.4. The molecule has 13 heteroatoms. The van der Waals surface area contributed by atoms with Gasteiger partial charge in [-0.1, -0.05) is 20.3 Å². The van der Waals surface area contributed by atoms with E-state index in [0.29, 0.717) is 12.2 Å². The van der Waals surface area contributed by atoms with Crippen molar-refractivity contribution in [1.82, 2.24) is 16.0 Å². The molecule has 0 aliphatic carbocycles. The zero-order chi connectivity index (χ0) is 25.7. The van der Waals surface area contributed by atoms with Crippen molar-refractivity contribution in [3.8, 4) is 0 Å². The van der Waals surface area contributed by atoms with Crippen molar-refractivity contribution in [3.05, 3.63) is 0 Å². The monoisotopic (exact) mass is 492 g/mol. The van der Waals surface area contributed by atoms with Gasteiger partial charge in [0.05, 0.1) is 12.1 Å². The number of nitrogens with two attached hydrogens (primary N) is 1. The molecular weight excluding hydrogens is 456 g/mol. The fraction of sp³-hybridized carbons (Fsp3) is 0.750. The average Bonchev–Trinajstić information content (AvgIpc) is 2.75. The molecule has 0 heterocycles. The SMILES string of the molecule is CCC(C)C(N)C(=O)NC(CCC(=O)O)C(=O)NC(C(=O)NC(CCSC)C(=O)O)C(C)O. The number of thioether (sulfide) groups is 1. The second kappa shape index (κ2) is 15.5. The van der Waals surface area contributed by atoms with Gasteiger partial charge >= 0.3 is 11.9 Å². The Labute approximate surface area is 197 Å². The first-order chi connectivity index (χ1) is 15.3. The average molecular weight is 493 g/mol. The van der Waals surface area contributed by atoms with Gasteiger partial charge in [0.1, 0.15) is 18.1 Å². The summed E-state index contributed by atoms with van der Waals surface area (Å²) in [5.41, 5.74) is 5.87. The molecule has 0 bridgehead atoms. The number of carboxylic acids is 2. The number of aliphatic hydroxyl groups excluding tert-OH is 1. The molecule has 0 saturated carbocycles. The highest BCUT2D eigenvalue weighted by molar-refractivity contribution is 7.98. The van der Waals surface area contributed by atoms with E-state index in [1.807, 2.05) is 6.92 Å². The number of rotatable bonds is 16.